The van der Waals surface area contributed by atoms with Crippen LogP contribution in [0.4, 0.5) is 0 Å². The van der Waals surface area contributed by atoms with Crippen molar-refractivity contribution >= 4 is 9.84 Å². The Morgan fingerprint density at radius 1 is 1.33 bits per heavy atom. The van der Waals surface area contributed by atoms with Crippen LogP contribution >= 0.6 is 0 Å². The molecule has 1 heterocycles. The molecule has 0 saturated carbocycles. The van der Waals surface area contributed by atoms with Gasteiger partial charge in [0.25, 0.3) is 0 Å². The zero-order valence-electron chi connectivity index (χ0n) is 12.3. The summed E-state index contributed by atoms with van der Waals surface area (Å²) in [5.41, 5.74) is 0.357. The lowest BCUT2D eigenvalue weighted by atomic mass is 9.86. The van der Waals surface area contributed by atoms with E-state index in [0.717, 1.165) is 25.8 Å². The molecule has 1 fully saturated rings. The molecule has 3 nitrogen and oxygen atoms in total. The Morgan fingerprint density at radius 3 is 2.44 bits per heavy atom. The number of sulfone groups is 1. The second-order valence-corrected chi connectivity index (χ2v) is 9.09. The minimum atomic E-state index is -2.73. The van der Waals surface area contributed by atoms with Gasteiger partial charge in [-0.05, 0) is 43.6 Å². The normalized spacial score (nSPS) is 25.2. The van der Waals surface area contributed by atoms with E-state index in [9.17, 15) is 8.42 Å². The highest BCUT2D eigenvalue weighted by Gasteiger charge is 2.29. The summed E-state index contributed by atoms with van der Waals surface area (Å²) in [6.45, 7) is 9.87. The maximum Gasteiger partial charge on any atom is 0.150 e. The zero-order chi connectivity index (χ0) is 13.8. The molecule has 2 atom stereocenters. The third-order valence-electron chi connectivity index (χ3n) is 3.68. The van der Waals surface area contributed by atoms with Gasteiger partial charge >= 0.3 is 0 Å². The summed E-state index contributed by atoms with van der Waals surface area (Å²) < 4.78 is 23.0. The van der Waals surface area contributed by atoms with Crippen molar-refractivity contribution in [3.8, 4) is 0 Å². The molecule has 0 aromatic heterocycles. The van der Waals surface area contributed by atoms with Gasteiger partial charge in [0.2, 0.25) is 0 Å². The summed E-state index contributed by atoms with van der Waals surface area (Å²) in [6, 6.07) is 0.479. The zero-order valence-corrected chi connectivity index (χ0v) is 13.1. The second kappa shape index (κ2) is 6.38. The molecular formula is C14H29NO2S. The predicted octanol–water partition coefficient (Wildman–Crippen LogP) is 2.62. The van der Waals surface area contributed by atoms with Gasteiger partial charge in [0, 0.05) is 6.04 Å². The van der Waals surface area contributed by atoms with E-state index in [-0.39, 0.29) is 0 Å². The summed E-state index contributed by atoms with van der Waals surface area (Å²) in [5.74, 6) is 1.18. The van der Waals surface area contributed by atoms with Crippen molar-refractivity contribution in [1.82, 2.24) is 5.32 Å². The summed E-state index contributed by atoms with van der Waals surface area (Å²) in [7, 11) is -2.73. The van der Waals surface area contributed by atoms with Crippen LogP contribution in [0.15, 0.2) is 0 Å². The van der Waals surface area contributed by atoms with Crippen molar-refractivity contribution in [3.63, 3.8) is 0 Å². The molecule has 0 aromatic rings. The fraction of sp³-hybridized carbons (Fsp3) is 1.00. The first kappa shape index (κ1) is 16.0. The lowest BCUT2D eigenvalue weighted by molar-refractivity contribution is 0.307. The van der Waals surface area contributed by atoms with Gasteiger partial charge in [-0.1, -0.05) is 27.7 Å². The number of rotatable bonds is 6. The van der Waals surface area contributed by atoms with Gasteiger partial charge in [0.15, 0.2) is 9.84 Å². The van der Waals surface area contributed by atoms with Crippen LogP contribution < -0.4 is 5.32 Å². The standard InChI is InChI=1S/C14H29NO2S/c1-5-15-13(6-8-14(2,3)4)10-12-7-9-18(16,17)11-12/h12-13,15H,5-11H2,1-4H3. The van der Waals surface area contributed by atoms with Crippen LogP contribution in [-0.4, -0.2) is 32.5 Å². The van der Waals surface area contributed by atoms with Crippen molar-refractivity contribution in [2.45, 2.75) is 59.4 Å². The van der Waals surface area contributed by atoms with Crippen molar-refractivity contribution in [3.05, 3.63) is 0 Å². The van der Waals surface area contributed by atoms with Gasteiger partial charge in [-0.2, -0.15) is 0 Å². The number of hydrogen-bond donors (Lipinski definition) is 1. The largest absolute Gasteiger partial charge is 0.314 e. The number of nitrogens with one attached hydrogen (secondary N) is 1. The Morgan fingerprint density at radius 2 is 2.00 bits per heavy atom. The first-order valence-corrected chi connectivity index (χ1v) is 8.98. The van der Waals surface area contributed by atoms with Crippen LogP contribution in [0.2, 0.25) is 0 Å². The highest BCUT2D eigenvalue weighted by atomic mass is 32.2. The Hall–Kier alpha value is -0.0900. The summed E-state index contributed by atoms with van der Waals surface area (Å²) in [5, 5.41) is 3.51. The van der Waals surface area contributed by atoms with Crippen LogP contribution in [0.3, 0.4) is 0 Å². The molecule has 0 radical (unpaired) electrons. The van der Waals surface area contributed by atoms with Gasteiger partial charge < -0.3 is 5.32 Å². The van der Waals surface area contributed by atoms with E-state index in [1.165, 1.54) is 6.42 Å². The molecule has 0 spiro atoms. The van der Waals surface area contributed by atoms with E-state index in [1.807, 2.05) is 0 Å². The molecular weight excluding hydrogens is 246 g/mol. The molecule has 1 aliphatic rings. The summed E-state index contributed by atoms with van der Waals surface area (Å²) in [4.78, 5) is 0. The molecule has 1 rings (SSSR count). The van der Waals surface area contributed by atoms with Crippen molar-refractivity contribution in [2.75, 3.05) is 18.1 Å². The Labute approximate surface area is 113 Å². The topological polar surface area (TPSA) is 46.2 Å². The third kappa shape index (κ3) is 6.19. The average Bonchev–Trinajstić information content (AvgIpc) is 2.54. The second-order valence-electron chi connectivity index (χ2n) is 6.86. The Balaban J connectivity index is 2.43. The van der Waals surface area contributed by atoms with Crippen molar-refractivity contribution in [1.29, 1.82) is 0 Å². The van der Waals surface area contributed by atoms with E-state index in [4.69, 9.17) is 0 Å². The van der Waals surface area contributed by atoms with Crippen LogP contribution in [0.5, 0.6) is 0 Å². The van der Waals surface area contributed by atoms with Crippen molar-refractivity contribution in [2.24, 2.45) is 11.3 Å². The Bertz CT molecular complexity index is 343. The van der Waals surface area contributed by atoms with E-state index in [1.54, 1.807) is 0 Å². The van der Waals surface area contributed by atoms with E-state index in [2.05, 4.69) is 33.0 Å². The first-order valence-electron chi connectivity index (χ1n) is 7.15. The van der Waals surface area contributed by atoms with E-state index in [0.29, 0.717) is 28.9 Å². The van der Waals surface area contributed by atoms with E-state index >= 15 is 0 Å². The molecule has 1 saturated heterocycles. The van der Waals surface area contributed by atoms with Crippen LogP contribution in [0.1, 0.15) is 53.4 Å². The minimum Gasteiger partial charge on any atom is -0.314 e. The van der Waals surface area contributed by atoms with Gasteiger partial charge in [-0.25, -0.2) is 8.42 Å². The quantitative estimate of drug-likeness (QED) is 0.810. The summed E-state index contributed by atoms with van der Waals surface area (Å²) >= 11 is 0. The molecule has 0 aliphatic carbocycles. The van der Waals surface area contributed by atoms with E-state index < -0.39 is 9.84 Å². The highest BCUT2D eigenvalue weighted by Crippen LogP contribution is 2.27. The molecule has 1 N–H and O–H groups in total. The molecule has 2 unspecified atom stereocenters. The maximum absolute atomic E-state index is 11.5. The fourth-order valence-corrected chi connectivity index (χ4v) is 4.54. The summed E-state index contributed by atoms with van der Waals surface area (Å²) in [6.07, 6.45) is 4.21. The molecule has 108 valence electrons. The van der Waals surface area contributed by atoms with Crippen molar-refractivity contribution < 1.29 is 8.42 Å². The Kier molecular flexibility index (Phi) is 5.66. The predicted molar refractivity (Wildman–Crippen MR) is 77.5 cm³/mol. The van der Waals surface area contributed by atoms with Crippen LogP contribution in [0.25, 0.3) is 0 Å². The monoisotopic (exact) mass is 275 g/mol. The van der Waals surface area contributed by atoms with Crippen LogP contribution in [-0.2, 0) is 9.84 Å². The van der Waals surface area contributed by atoms with Gasteiger partial charge in [-0.3, -0.25) is 0 Å². The van der Waals surface area contributed by atoms with Gasteiger partial charge in [0.05, 0.1) is 11.5 Å². The third-order valence-corrected chi connectivity index (χ3v) is 5.52. The lowest BCUT2D eigenvalue weighted by Crippen LogP contribution is -2.32. The molecule has 4 heteroatoms. The minimum absolute atomic E-state index is 0.357. The maximum atomic E-state index is 11.5. The van der Waals surface area contributed by atoms with Gasteiger partial charge in [-0.15, -0.1) is 0 Å². The molecule has 0 amide bonds. The molecule has 0 bridgehead atoms. The van der Waals surface area contributed by atoms with Gasteiger partial charge in [0.1, 0.15) is 0 Å². The highest BCUT2D eigenvalue weighted by molar-refractivity contribution is 7.91. The lowest BCUT2D eigenvalue weighted by Gasteiger charge is -2.25. The molecule has 0 aromatic carbocycles. The first-order chi connectivity index (χ1) is 8.22. The average molecular weight is 275 g/mol. The molecule has 1 aliphatic heterocycles. The smallest absolute Gasteiger partial charge is 0.150 e. The van der Waals surface area contributed by atoms with Crippen LogP contribution in [0, 0.1) is 11.3 Å². The number of hydrogen-bond acceptors (Lipinski definition) is 3. The SMILES string of the molecule is CCNC(CCC(C)(C)C)CC1CCS(=O)(=O)C1. The fourth-order valence-electron chi connectivity index (χ4n) is 2.66. The molecule has 18 heavy (non-hydrogen) atoms.